The molecule has 4 amide bonds. The Morgan fingerprint density at radius 1 is 0.742 bits per heavy atom. The molecule has 0 aliphatic heterocycles. The Labute approximate surface area is 183 Å². The fourth-order valence-corrected chi connectivity index (χ4v) is 2.87. The van der Waals surface area contributed by atoms with Crippen molar-refractivity contribution in [1.29, 1.82) is 0 Å². The van der Waals surface area contributed by atoms with Gasteiger partial charge in [0.25, 0.3) is 0 Å². The number of hydrogen-bond donors (Lipinski definition) is 6. The lowest BCUT2D eigenvalue weighted by molar-refractivity contribution is -0.140. The Kier molecular flexibility index (Phi) is 12.4. The Morgan fingerprint density at radius 3 is 1.61 bits per heavy atom. The summed E-state index contributed by atoms with van der Waals surface area (Å²) in [5.41, 5.74) is 5.33. The highest BCUT2D eigenvalue weighted by Crippen LogP contribution is 2.08. The smallest absolute Gasteiger partial charge is 0.305 e. The predicted molar refractivity (Wildman–Crippen MR) is 115 cm³/mol. The van der Waals surface area contributed by atoms with Crippen LogP contribution in [0, 0.1) is 11.8 Å². The van der Waals surface area contributed by atoms with Crippen LogP contribution in [-0.4, -0.2) is 65.9 Å². The summed E-state index contributed by atoms with van der Waals surface area (Å²) in [6.07, 6.45) is 0.205. The second kappa shape index (κ2) is 13.6. The van der Waals surface area contributed by atoms with E-state index in [0.717, 1.165) is 0 Å². The van der Waals surface area contributed by atoms with Crippen LogP contribution in [0.25, 0.3) is 0 Å². The Hall–Kier alpha value is -2.69. The minimum Gasteiger partial charge on any atom is -0.481 e. The van der Waals surface area contributed by atoms with Crippen molar-refractivity contribution in [3.05, 3.63) is 0 Å². The molecule has 0 aromatic carbocycles. The van der Waals surface area contributed by atoms with Crippen LogP contribution in [0.15, 0.2) is 0 Å². The van der Waals surface area contributed by atoms with E-state index in [2.05, 4.69) is 21.3 Å². The molecule has 0 bridgehead atoms. The molecule has 11 heteroatoms. The normalized spacial score (nSPS) is 15.0. The molecule has 0 aliphatic carbocycles. The molecule has 0 radical (unpaired) electrons. The Morgan fingerprint density at radius 2 is 1.19 bits per heavy atom. The number of carboxylic acid groups (broad SMARTS) is 1. The fourth-order valence-electron chi connectivity index (χ4n) is 2.87. The second-order valence-electron chi connectivity index (χ2n) is 8.45. The zero-order chi connectivity index (χ0) is 24.3. The van der Waals surface area contributed by atoms with E-state index in [9.17, 15) is 24.0 Å². The molecular formula is C20H37N5O6. The van der Waals surface area contributed by atoms with Gasteiger partial charge in [-0.1, -0.05) is 27.7 Å². The van der Waals surface area contributed by atoms with Crippen LogP contribution in [0.3, 0.4) is 0 Å². The van der Waals surface area contributed by atoms with Crippen LogP contribution < -0.4 is 27.0 Å². The summed E-state index contributed by atoms with van der Waals surface area (Å²) < 4.78 is 0. The van der Waals surface area contributed by atoms with Crippen molar-refractivity contribution in [2.24, 2.45) is 17.6 Å². The summed E-state index contributed by atoms with van der Waals surface area (Å²) in [5, 5.41) is 19.1. The van der Waals surface area contributed by atoms with E-state index in [1.807, 2.05) is 27.7 Å². The minimum atomic E-state index is -1.16. The van der Waals surface area contributed by atoms with Gasteiger partial charge in [0.2, 0.25) is 23.6 Å². The SMILES string of the molecule is CN[C@@H](CC(=O)O)C(=O)N[C@@H](CC(C)C)C(=O)N[C@@H](C)C(=O)N[C@@H](CC(C)C)C(N)=O. The van der Waals surface area contributed by atoms with E-state index in [1.165, 1.54) is 14.0 Å². The summed E-state index contributed by atoms with van der Waals surface area (Å²) >= 11 is 0. The van der Waals surface area contributed by atoms with Gasteiger partial charge in [-0.25, -0.2) is 0 Å². The topological polar surface area (TPSA) is 180 Å². The van der Waals surface area contributed by atoms with Crippen molar-refractivity contribution >= 4 is 29.6 Å². The number of hydrogen-bond acceptors (Lipinski definition) is 6. The Bertz CT molecular complexity index is 652. The van der Waals surface area contributed by atoms with Gasteiger partial charge in [-0.2, -0.15) is 0 Å². The van der Waals surface area contributed by atoms with Gasteiger partial charge in [-0.05, 0) is 38.6 Å². The molecule has 0 saturated carbocycles. The van der Waals surface area contributed by atoms with Gasteiger partial charge in [0.15, 0.2) is 0 Å². The molecular weight excluding hydrogens is 406 g/mol. The number of rotatable bonds is 14. The van der Waals surface area contributed by atoms with Crippen LogP contribution in [-0.2, 0) is 24.0 Å². The van der Waals surface area contributed by atoms with Gasteiger partial charge in [0.1, 0.15) is 18.1 Å². The van der Waals surface area contributed by atoms with Crippen molar-refractivity contribution in [2.75, 3.05) is 7.05 Å². The summed E-state index contributed by atoms with van der Waals surface area (Å²) in [7, 11) is 1.45. The number of nitrogens with two attached hydrogens (primary N) is 1. The van der Waals surface area contributed by atoms with Crippen LogP contribution in [0.5, 0.6) is 0 Å². The first-order valence-electron chi connectivity index (χ1n) is 10.4. The summed E-state index contributed by atoms with van der Waals surface area (Å²) in [4.78, 5) is 60.0. The third-order valence-corrected chi connectivity index (χ3v) is 4.50. The number of carboxylic acids is 1. The molecule has 4 atom stereocenters. The molecule has 0 fully saturated rings. The highest BCUT2D eigenvalue weighted by atomic mass is 16.4. The van der Waals surface area contributed by atoms with E-state index in [1.54, 1.807) is 0 Å². The maximum absolute atomic E-state index is 12.7. The number of likely N-dealkylation sites (N-methyl/N-ethyl adjacent to an activating group) is 1. The van der Waals surface area contributed by atoms with Gasteiger partial charge < -0.3 is 32.1 Å². The number of carbonyl (C=O) groups is 5. The van der Waals surface area contributed by atoms with E-state index >= 15 is 0 Å². The Balaban J connectivity index is 5.17. The molecule has 0 unspecified atom stereocenters. The highest BCUT2D eigenvalue weighted by molar-refractivity contribution is 5.95. The lowest BCUT2D eigenvalue weighted by Crippen LogP contribution is -2.57. The van der Waals surface area contributed by atoms with Crippen LogP contribution in [0.2, 0.25) is 0 Å². The molecule has 11 nitrogen and oxygen atoms in total. The van der Waals surface area contributed by atoms with E-state index in [-0.39, 0.29) is 18.3 Å². The molecule has 0 rings (SSSR count). The standard InChI is InChI=1S/C20H37N5O6/c1-10(2)7-13(17(21)28)24-18(29)12(5)23-20(31)15(8-11(3)4)25-19(30)14(22-6)9-16(26)27/h10-15,22H,7-9H2,1-6H3,(H2,21,28)(H,23,31)(H,24,29)(H,25,30)(H,26,27)/t12-,13-,14-,15-/m0/s1. The van der Waals surface area contributed by atoms with Gasteiger partial charge in [0, 0.05) is 0 Å². The lowest BCUT2D eigenvalue weighted by atomic mass is 10.0. The number of aliphatic carboxylic acids is 1. The summed E-state index contributed by atoms with van der Waals surface area (Å²) in [6.45, 7) is 8.94. The third-order valence-electron chi connectivity index (χ3n) is 4.50. The van der Waals surface area contributed by atoms with E-state index in [4.69, 9.17) is 10.8 Å². The number of nitrogens with one attached hydrogen (secondary N) is 4. The number of carbonyl (C=O) groups excluding carboxylic acids is 4. The number of primary amides is 1. The van der Waals surface area contributed by atoms with E-state index < -0.39 is 60.2 Å². The van der Waals surface area contributed by atoms with Crippen LogP contribution >= 0.6 is 0 Å². The van der Waals surface area contributed by atoms with Crippen LogP contribution in [0.4, 0.5) is 0 Å². The monoisotopic (exact) mass is 443 g/mol. The van der Waals surface area contributed by atoms with Crippen molar-refractivity contribution in [1.82, 2.24) is 21.3 Å². The third kappa shape index (κ3) is 11.3. The molecule has 0 aliphatic rings. The predicted octanol–water partition coefficient (Wildman–Crippen LogP) is -0.899. The summed E-state index contributed by atoms with van der Waals surface area (Å²) in [5.74, 6) is -3.45. The van der Waals surface area contributed by atoms with Crippen molar-refractivity contribution in [2.45, 2.75) is 78.0 Å². The summed E-state index contributed by atoms with van der Waals surface area (Å²) in [6, 6.07) is -3.80. The fraction of sp³-hybridized carbons (Fsp3) is 0.750. The zero-order valence-electron chi connectivity index (χ0n) is 19.2. The molecule has 0 spiro atoms. The molecule has 7 N–H and O–H groups in total. The molecule has 0 heterocycles. The van der Waals surface area contributed by atoms with Gasteiger partial charge in [-0.15, -0.1) is 0 Å². The van der Waals surface area contributed by atoms with E-state index in [0.29, 0.717) is 6.42 Å². The maximum atomic E-state index is 12.7. The first-order chi connectivity index (χ1) is 14.3. The molecule has 0 saturated heterocycles. The second-order valence-corrected chi connectivity index (χ2v) is 8.45. The van der Waals surface area contributed by atoms with Gasteiger partial charge in [0.05, 0.1) is 12.5 Å². The van der Waals surface area contributed by atoms with Crippen molar-refractivity contribution < 1.29 is 29.1 Å². The molecule has 0 aromatic heterocycles. The van der Waals surface area contributed by atoms with Crippen LogP contribution in [0.1, 0.15) is 53.9 Å². The lowest BCUT2D eigenvalue weighted by Gasteiger charge is -2.25. The quantitative estimate of drug-likeness (QED) is 0.201. The zero-order valence-corrected chi connectivity index (χ0v) is 19.2. The minimum absolute atomic E-state index is 0.0398. The number of amides is 4. The van der Waals surface area contributed by atoms with Crippen molar-refractivity contribution in [3.63, 3.8) is 0 Å². The molecule has 178 valence electrons. The first kappa shape index (κ1) is 28.3. The first-order valence-corrected chi connectivity index (χ1v) is 10.4. The molecule has 0 aromatic rings. The largest absolute Gasteiger partial charge is 0.481 e. The average Bonchev–Trinajstić information content (AvgIpc) is 2.63. The average molecular weight is 444 g/mol. The van der Waals surface area contributed by atoms with Gasteiger partial charge >= 0.3 is 5.97 Å². The molecule has 31 heavy (non-hydrogen) atoms. The van der Waals surface area contributed by atoms with Crippen molar-refractivity contribution in [3.8, 4) is 0 Å². The highest BCUT2D eigenvalue weighted by Gasteiger charge is 2.29. The maximum Gasteiger partial charge on any atom is 0.305 e. The van der Waals surface area contributed by atoms with Gasteiger partial charge in [-0.3, -0.25) is 24.0 Å².